The molecule has 3 aromatic heterocycles. The first-order chi connectivity index (χ1) is 12.3. The Hall–Kier alpha value is -2.45. The molecule has 0 fully saturated rings. The highest BCUT2D eigenvalue weighted by atomic mass is 32.2. The molecule has 0 aliphatic heterocycles. The van der Waals surface area contributed by atoms with Crippen LogP contribution in [0, 0.1) is 5.82 Å². The van der Waals surface area contributed by atoms with Gasteiger partial charge in [0.25, 0.3) is 0 Å². The van der Waals surface area contributed by atoms with Crippen LogP contribution in [0.3, 0.4) is 0 Å². The first kappa shape index (κ1) is 16.0. The quantitative estimate of drug-likeness (QED) is 0.503. The molecule has 8 heteroatoms. The van der Waals surface area contributed by atoms with Crippen LogP contribution in [0.15, 0.2) is 57.5 Å². The average Bonchev–Trinajstić information content (AvgIpc) is 3.36. The summed E-state index contributed by atoms with van der Waals surface area (Å²) in [5.41, 5.74) is 0.793. The normalized spacial score (nSPS) is 11.1. The van der Waals surface area contributed by atoms with Crippen LogP contribution in [0.2, 0.25) is 0 Å². The Balaban J connectivity index is 1.37. The highest BCUT2D eigenvalue weighted by molar-refractivity contribution is 7.98. The van der Waals surface area contributed by atoms with E-state index in [0.717, 1.165) is 17.8 Å². The molecule has 0 radical (unpaired) electrons. The molecule has 0 unspecified atom stereocenters. The van der Waals surface area contributed by atoms with Crippen molar-refractivity contribution in [3.63, 3.8) is 0 Å². The van der Waals surface area contributed by atoms with Crippen LogP contribution in [0.4, 0.5) is 4.39 Å². The number of thiophene rings is 1. The maximum atomic E-state index is 13.0. The van der Waals surface area contributed by atoms with Gasteiger partial charge >= 0.3 is 0 Å². The molecule has 0 aliphatic rings. The maximum Gasteiger partial charge on any atom is 0.208 e. The van der Waals surface area contributed by atoms with E-state index in [2.05, 4.69) is 26.2 Å². The Morgan fingerprint density at radius 1 is 1.20 bits per heavy atom. The second-order valence-corrected chi connectivity index (χ2v) is 7.21. The summed E-state index contributed by atoms with van der Waals surface area (Å²) in [6, 6.07) is 10.2. The first-order valence-corrected chi connectivity index (χ1v) is 9.40. The number of hydrogen-bond donors (Lipinski definition) is 1. The topological polar surface area (TPSA) is 67.6 Å². The monoisotopic (exact) mass is 372 g/mol. The van der Waals surface area contributed by atoms with Gasteiger partial charge in [0, 0.05) is 16.9 Å². The molecule has 0 saturated carbocycles. The molecule has 4 aromatic rings. The second kappa shape index (κ2) is 7.20. The van der Waals surface area contributed by atoms with Crippen molar-refractivity contribution >= 4 is 23.1 Å². The summed E-state index contributed by atoms with van der Waals surface area (Å²) in [6.45, 7) is 0. The molecule has 0 bridgehead atoms. The van der Waals surface area contributed by atoms with Gasteiger partial charge in [0.1, 0.15) is 11.6 Å². The van der Waals surface area contributed by atoms with Gasteiger partial charge in [-0.3, -0.25) is 5.10 Å². The van der Waals surface area contributed by atoms with E-state index in [1.807, 2.05) is 11.4 Å². The van der Waals surface area contributed by atoms with Gasteiger partial charge in [0.15, 0.2) is 5.76 Å². The van der Waals surface area contributed by atoms with Gasteiger partial charge in [0.2, 0.25) is 11.0 Å². The lowest BCUT2D eigenvalue weighted by atomic mass is 10.2. The predicted octanol–water partition coefficient (Wildman–Crippen LogP) is 4.54. The number of oxazole rings is 1. The number of benzene rings is 1. The molecule has 4 rings (SSSR count). The highest BCUT2D eigenvalue weighted by Gasteiger charge is 2.10. The highest BCUT2D eigenvalue weighted by Crippen LogP contribution is 2.24. The fraction of sp³-hybridized carbons (Fsp3) is 0.118. The Kier molecular flexibility index (Phi) is 4.62. The number of nitrogens with one attached hydrogen (secondary N) is 1. The molecule has 1 aromatic carbocycles. The van der Waals surface area contributed by atoms with Crippen molar-refractivity contribution in [1.82, 2.24) is 20.2 Å². The zero-order valence-corrected chi connectivity index (χ0v) is 14.6. The van der Waals surface area contributed by atoms with Crippen LogP contribution >= 0.6 is 23.1 Å². The number of thioether (sulfide) groups is 1. The Morgan fingerprint density at radius 2 is 2.08 bits per heavy atom. The average molecular weight is 372 g/mol. The maximum absolute atomic E-state index is 13.0. The summed E-state index contributed by atoms with van der Waals surface area (Å²) >= 11 is 3.15. The number of rotatable bonds is 6. The fourth-order valence-electron chi connectivity index (χ4n) is 2.25. The lowest BCUT2D eigenvalue weighted by molar-refractivity contribution is 0.529. The molecule has 0 saturated heterocycles. The van der Waals surface area contributed by atoms with E-state index in [-0.39, 0.29) is 5.82 Å². The summed E-state index contributed by atoms with van der Waals surface area (Å²) < 4.78 is 18.7. The summed E-state index contributed by atoms with van der Waals surface area (Å²) in [5.74, 6) is 2.28. The molecule has 3 heterocycles. The summed E-state index contributed by atoms with van der Waals surface area (Å²) in [7, 11) is 0. The van der Waals surface area contributed by atoms with Crippen LogP contribution in [0.1, 0.15) is 16.6 Å². The molecule has 0 aliphatic carbocycles. The van der Waals surface area contributed by atoms with E-state index in [1.54, 1.807) is 29.7 Å². The summed E-state index contributed by atoms with van der Waals surface area (Å²) in [4.78, 5) is 9.96. The number of hydrogen-bond acceptors (Lipinski definition) is 6. The predicted molar refractivity (Wildman–Crippen MR) is 95.0 cm³/mol. The van der Waals surface area contributed by atoms with Crippen LogP contribution in [-0.4, -0.2) is 20.2 Å². The SMILES string of the molecule is Fc1ccc(-c2cnc(CSc3n[nH]c(Cc4cccs4)n3)o2)cc1. The van der Waals surface area contributed by atoms with Crippen molar-refractivity contribution in [3.8, 4) is 11.3 Å². The van der Waals surface area contributed by atoms with E-state index in [1.165, 1.54) is 28.8 Å². The number of nitrogens with zero attached hydrogens (tertiary/aromatic N) is 3. The lowest BCUT2D eigenvalue weighted by Crippen LogP contribution is -1.87. The Labute approximate surface area is 151 Å². The van der Waals surface area contributed by atoms with E-state index in [4.69, 9.17) is 4.42 Å². The van der Waals surface area contributed by atoms with Crippen molar-refractivity contribution in [2.45, 2.75) is 17.3 Å². The van der Waals surface area contributed by atoms with Gasteiger partial charge in [-0.25, -0.2) is 14.4 Å². The van der Waals surface area contributed by atoms with Crippen LogP contribution in [-0.2, 0) is 12.2 Å². The Morgan fingerprint density at radius 3 is 2.88 bits per heavy atom. The molecular weight excluding hydrogens is 359 g/mol. The zero-order chi connectivity index (χ0) is 17.1. The third-order valence-electron chi connectivity index (χ3n) is 3.44. The fourth-order valence-corrected chi connectivity index (χ4v) is 3.63. The van der Waals surface area contributed by atoms with Gasteiger partial charge in [-0.15, -0.1) is 16.4 Å². The number of aromatic nitrogens is 4. The van der Waals surface area contributed by atoms with E-state index in [0.29, 0.717) is 22.6 Å². The molecule has 0 spiro atoms. The Bertz CT molecular complexity index is 947. The zero-order valence-electron chi connectivity index (χ0n) is 13.0. The van der Waals surface area contributed by atoms with Crippen molar-refractivity contribution in [2.24, 2.45) is 0 Å². The number of H-pyrrole nitrogens is 1. The van der Waals surface area contributed by atoms with Gasteiger partial charge < -0.3 is 4.42 Å². The minimum absolute atomic E-state index is 0.276. The molecular formula is C17H13FN4OS2. The lowest BCUT2D eigenvalue weighted by Gasteiger charge is -1.95. The number of aromatic amines is 1. The van der Waals surface area contributed by atoms with E-state index < -0.39 is 0 Å². The van der Waals surface area contributed by atoms with Crippen LogP contribution in [0.5, 0.6) is 0 Å². The van der Waals surface area contributed by atoms with Crippen molar-refractivity contribution in [1.29, 1.82) is 0 Å². The van der Waals surface area contributed by atoms with Crippen LogP contribution < -0.4 is 0 Å². The summed E-state index contributed by atoms with van der Waals surface area (Å²) in [6.07, 6.45) is 2.39. The van der Waals surface area contributed by atoms with Gasteiger partial charge in [-0.2, -0.15) is 0 Å². The van der Waals surface area contributed by atoms with Gasteiger partial charge in [-0.05, 0) is 35.7 Å². The smallest absolute Gasteiger partial charge is 0.208 e. The van der Waals surface area contributed by atoms with Crippen LogP contribution in [0.25, 0.3) is 11.3 Å². The van der Waals surface area contributed by atoms with Crippen molar-refractivity contribution in [2.75, 3.05) is 0 Å². The molecule has 1 N–H and O–H groups in total. The van der Waals surface area contributed by atoms with Gasteiger partial charge in [0.05, 0.1) is 11.9 Å². The first-order valence-electron chi connectivity index (χ1n) is 7.53. The molecule has 0 amide bonds. The van der Waals surface area contributed by atoms with E-state index >= 15 is 0 Å². The third-order valence-corrected chi connectivity index (χ3v) is 5.15. The van der Waals surface area contributed by atoms with Crippen molar-refractivity contribution in [3.05, 3.63) is 70.4 Å². The molecule has 0 atom stereocenters. The minimum Gasteiger partial charge on any atom is -0.440 e. The second-order valence-electron chi connectivity index (χ2n) is 5.23. The number of halogens is 1. The summed E-state index contributed by atoms with van der Waals surface area (Å²) in [5, 5.41) is 9.87. The van der Waals surface area contributed by atoms with Gasteiger partial charge in [-0.1, -0.05) is 17.8 Å². The molecule has 5 nitrogen and oxygen atoms in total. The largest absolute Gasteiger partial charge is 0.440 e. The minimum atomic E-state index is -0.276. The van der Waals surface area contributed by atoms with Crippen molar-refractivity contribution < 1.29 is 8.81 Å². The molecule has 25 heavy (non-hydrogen) atoms. The third kappa shape index (κ3) is 3.97. The van der Waals surface area contributed by atoms with E-state index in [9.17, 15) is 4.39 Å². The standard InChI is InChI=1S/C17H13FN4OS2/c18-12-5-3-11(4-6-12)14-9-19-16(23-14)10-25-17-20-15(21-22-17)8-13-2-1-7-24-13/h1-7,9H,8,10H2,(H,20,21,22). The molecule has 126 valence electrons.